The van der Waals surface area contributed by atoms with Crippen LogP contribution in [0.1, 0.15) is 43.0 Å². The summed E-state index contributed by atoms with van der Waals surface area (Å²) in [6, 6.07) is 40.9. The summed E-state index contributed by atoms with van der Waals surface area (Å²) in [4.78, 5) is 0. The highest BCUT2D eigenvalue weighted by molar-refractivity contribution is 6.18. The van der Waals surface area contributed by atoms with Crippen molar-refractivity contribution in [2.45, 2.75) is 26.2 Å². The van der Waals surface area contributed by atoms with Gasteiger partial charge in [-0.05, 0) is 76.2 Å². The minimum Gasteiger partial charge on any atom is -0.309 e. The number of hydrogen-bond donors (Lipinski definition) is 1. The van der Waals surface area contributed by atoms with Gasteiger partial charge in [-0.15, -0.1) is 0 Å². The third-order valence-corrected chi connectivity index (χ3v) is 8.39. The van der Waals surface area contributed by atoms with Crippen LogP contribution >= 0.6 is 0 Å². The molecule has 1 heterocycles. The van der Waals surface area contributed by atoms with Gasteiger partial charge in [-0.25, -0.2) is 0 Å². The molecule has 0 atom stereocenters. The van der Waals surface area contributed by atoms with Gasteiger partial charge in [-0.1, -0.05) is 105 Å². The molecule has 1 aliphatic rings. The van der Waals surface area contributed by atoms with E-state index in [1.807, 2.05) is 36.4 Å². The summed E-state index contributed by atoms with van der Waals surface area (Å²) in [6.45, 7) is 6.77. The van der Waals surface area contributed by atoms with Gasteiger partial charge in [0.05, 0.1) is 16.7 Å². The molecule has 6 aromatic rings. The van der Waals surface area contributed by atoms with Crippen LogP contribution in [-0.4, -0.2) is 10.3 Å². The maximum absolute atomic E-state index is 8.60. The van der Waals surface area contributed by atoms with Crippen molar-refractivity contribution < 1.29 is 0 Å². The Morgan fingerprint density at radius 2 is 1.41 bits per heavy atom. The molecule has 39 heavy (non-hydrogen) atoms. The molecule has 0 radical (unpaired) electrons. The van der Waals surface area contributed by atoms with E-state index in [4.69, 9.17) is 5.41 Å². The first kappa shape index (κ1) is 23.4. The SMILES string of the molecule is C/C(=C\C(=N)c1ccccc1)c1cccc(-n2c3ccccc3c3c4c(ccc32)C(C)(C)c2ccccc2-4)c1. The zero-order valence-electron chi connectivity index (χ0n) is 22.5. The van der Waals surface area contributed by atoms with E-state index < -0.39 is 0 Å². The maximum atomic E-state index is 8.60. The van der Waals surface area contributed by atoms with Gasteiger partial charge < -0.3 is 9.98 Å². The fourth-order valence-corrected chi connectivity index (χ4v) is 6.42. The van der Waals surface area contributed by atoms with Crippen LogP contribution in [0.15, 0.2) is 121 Å². The first-order chi connectivity index (χ1) is 18.9. The predicted octanol–water partition coefficient (Wildman–Crippen LogP) is 9.56. The smallest absolute Gasteiger partial charge is 0.0615 e. The van der Waals surface area contributed by atoms with E-state index in [1.165, 1.54) is 44.1 Å². The average Bonchev–Trinajstić information content (AvgIpc) is 3.43. The molecule has 0 spiro atoms. The van der Waals surface area contributed by atoms with Crippen molar-refractivity contribution in [1.82, 2.24) is 4.57 Å². The highest BCUT2D eigenvalue weighted by atomic mass is 15.0. The van der Waals surface area contributed by atoms with E-state index in [2.05, 4.69) is 110 Å². The molecule has 2 heteroatoms. The summed E-state index contributed by atoms with van der Waals surface area (Å²) in [5, 5.41) is 11.2. The number of rotatable bonds is 4. The van der Waals surface area contributed by atoms with E-state index in [0.29, 0.717) is 5.71 Å². The van der Waals surface area contributed by atoms with E-state index in [1.54, 1.807) is 0 Å². The minimum absolute atomic E-state index is 0.0334. The number of fused-ring (bicyclic) bond motifs is 7. The lowest BCUT2D eigenvalue weighted by atomic mass is 9.82. The number of para-hydroxylation sites is 1. The summed E-state index contributed by atoms with van der Waals surface area (Å²) in [5.41, 5.74) is 12.7. The van der Waals surface area contributed by atoms with Crippen LogP contribution in [0, 0.1) is 5.41 Å². The Bertz CT molecular complexity index is 1950. The molecule has 1 aliphatic carbocycles. The van der Waals surface area contributed by atoms with Gasteiger partial charge in [0.15, 0.2) is 0 Å². The van der Waals surface area contributed by atoms with Crippen molar-refractivity contribution in [3.8, 4) is 16.8 Å². The monoisotopic (exact) mass is 502 g/mol. The van der Waals surface area contributed by atoms with Crippen LogP contribution in [-0.2, 0) is 5.41 Å². The van der Waals surface area contributed by atoms with Crippen LogP contribution < -0.4 is 0 Å². The molecule has 0 saturated heterocycles. The molecule has 1 aromatic heterocycles. The second kappa shape index (κ2) is 8.68. The summed E-state index contributed by atoms with van der Waals surface area (Å²) < 4.78 is 2.40. The lowest BCUT2D eigenvalue weighted by Gasteiger charge is -2.21. The van der Waals surface area contributed by atoms with E-state index in [0.717, 1.165) is 22.4 Å². The van der Waals surface area contributed by atoms with Crippen molar-refractivity contribution in [1.29, 1.82) is 5.41 Å². The fourth-order valence-electron chi connectivity index (χ4n) is 6.42. The Balaban J connectivity index is 1.44. The molecule has 0 unspecified atom stereocenters. The molecule has 0 saturated carbocycles. The van der Waals surface area contributed by atoms with Gasteiger partial charge >= 0.3 is 0 Å². The van der Waals surface area contributed by atoms with Crippen molar-refractivity contribution in [3.05, 3.63) is 144 Å². The number of nitrogens with one attached hydrogen (secondary N) is 1. The van der Waals surface area contributed by atoms with Gasteiger partial charge in [0.1, 0.15) is 0 Å². The van der Waals surface area contributed by atoms with Crippen LogP contribution in [0.25, 0.3) is 44.2 Å². The molecule has 188 valence electrons. The summed E-state index contributed by atoms with van der Waals surface area (Å²) in [6.07, 6.45) is 1.96. The standard InChI is InChI=1S/C37H30N2/c1-24(22-32(38)25-12-5-4-6-13-25)26-14-11-15-27(23-26)39-33-19-10-8-17-29(33)36-34(39)21-20-31-35(36)28-16-7-9-18-30(28)37(31,2)3/h4-23,38H,1-3H3/b24-22+,38-32?. The molecule has 0 amide bonds. The largest absolute Gasteiger partial charge is 0.309 e. The van der Waals surface area contributed by atoms with Crippen molar-refractivity contribution in [3.63, 3.8) is 0 Å². The van der Waals surface area contributed by atoms with Gasteiger partial charge in [-0.2, -0.15) is 0 Å². The first-order valence-electron chi connectivity index (χ1n) is 13.5. The average molecular weight is 503 g/mol. The van der Waals surface area contributed by atoms with Gasteiger partial charge in [0.25, 0.3) is 0 Å². The second-order valence-electron chi connectivity index (χ2n) is 11.1. The fraction of sp³-hybridized carbons (Fsp3) is 0.108. The van der Waals surface area contributed by atoms with Crippen molar-refractivity contribution in [2.75, 3.05) is 0 Å². The zero-order valence-corrected chi connectivity index (χ0v) is 22.5. The maximum Gasteiger partial charge on any atom is 0.0615 e. The molecule has 0 aliphatic heterocycles. The summed E-state index contributed by atoms with van der Waals surface area (Å²) >= 11 is 0. The number of aromatic nitrogens is 1. The normalized spacial score (nSPS) is 14.0. The molecule has 0 fully saturated rings. The number of benzene rings is 5. The number of nitrogens with zero attached hydrogens (tertiary/aromatic N) is 1. The van der Waals surface area contributed by atoms with Crippen molar-refractivity contribution in [2.24, 2.45) is 0 Å². The third kappa shape index (κ3) is 3.52. The predicted molar refractivity (Wildman–Crippen MR) is 165 cm³/mol. The van der Waals surface area contributed by atoms with E-state index in [9.17, 15) is 0 Å². The quantitative estimate of drug-likeness (QED) is 0.233. The molecular weight excluding hydrogens is 472 g/mol. The second-order valence-corrected chi connectivity index (χ2v) is 11.1. The van der Waals surface area contributed by atoms with Crippen LogP contribution in [0.4, 0.5) is 0 Å². The van der Waals surface area contributed by atoms with Crippen LogP contribution in [0.5, 0.6) is 0 Å². The topological polar surface area (TPSA) is 28.8 Å². The van der Waals surface area contributed by atoms with Crippen LogP contribution in [0.3, 0.4) is 0 Å². The molecule has 0 bridgehead atoms. The molecule has 1 N–H and O–H groups in total. The Kier molecular flexibility index (Phi) is 5.21. The van der Waals surface area contributed by atoms with Crippen LogP contribution in [0.2, 0.25) is 0 Å². The minimum atomic E-state index is -0.0334. The third-order valence-electron chi connectivity index (χ3n) is 8.39. The Morgan fingerprint density at radius 1 is 0.692 bits per heavy atom. The van der Waals surface area contributed by atoms with E-state index in [-0.39, 0.29) is 5.41 Å². The van der Waals surface area contributed by atoms with Gasteiger partial charge in [0, 0.05) is 21.9 Å². The highest BCUT2D eigenvalue weighted by Crippen LogP contribution is 2.53. The first-order valence-corrected chi connectivity index (χ1v) is 13.5. The summed E-state index contributed by atoms with van der Waals surface area (Å²) in [5.74, 6) is 0. The van der Waals surface area contributed by atoms with E-state index >= 15 is 0 Å². The lowest BCUT2D eigenvalue weighted by molar-refractivity contribution is 0.661. The molecule has 2 nitrogen and oxygen atoms in total. The molecular formula is C37H30N2. The Morgan fingerprint density at radius 3 is 2.26 bits per heavy atom. The number of hydrogen-bond acceptors (Lipinski definition) is 1. The van der Waals surface area contributed by atoms with Gasteiger partial charge in [-0.3, -0.25) is 0 Å². The Labute approximate surface area is 229 Å². The summed E-state index contributed by atoms with van der Waals surface area (Å²) in [7, 11) is 0. The molecule has 7 rings (SSSR count). The zero-order chi connectivity index (χ0) is 26.7. The lowest BCUT2D eigenvalue weighted by Crippen LogP contribution is -2.14. The number of allylic oxidation sites excluding steroid dienone is 2. The highest BCUT2D eigenvalue weighted by Gasteiger charge is 2.37. The van der Waals surface area contributed by atoms with Gasteiger partial charge in [0.2, 0.25) is 0 Å². The van der Waals surface area contributed by atoms with Crippen molar-refractivity contribution >= 4 is 33.1 Å². The Hall–Kier alpha value is -4.69. The molecule has 5 aromatic carbocycles.